The molecule has 1 aromatic heterocycles. The first-order valence-electron chi connectivity index (χ1n) is 9.27. The van der Waals surface area contributed by atoms with Crippen LogP contribution in [0.15, 0.2) is 53.7 Å². The van der Waals surface area contributed by atoms with Crippen LogP contribution in [0.25, 0.3) is 0 Å². The molecule has 1 amide bonds. The van der Waals surface area contributed by atoms with Gasteiger partial charge in [-0.05, 0) is 25.0 Å². The molecule has 1 aromatic carbocycles. The molecule has 152 valence electrons. The van der Waals surface area contributed by atoms with Gasteiger partial charge >= 0.3 is 11.8 Å². The molecular weight excluding hydrogens is 405 g/mol. The van der Waals surface area contributed by atoms with Crippen LogP contribution in [0.1, 0.15) is 31.2 Å². The Balaban J connectivity index is 1.84. The highest BCUT2D eigenvalue weighted by atomic mass is 35.5. The van der Waals surface area contributed by atoms with E-state index in [0.29, 0.717) is 18.4 Å². The van der Waals surface area contributed by atoms with Crippen LogP contribution < -0.4 is 5.32 Å². The third kappa shape index (κ3) is 3.46. The van der Waals surface area contributed by atoms with E-state index in [1.165, 1.54) is 23.2 Å². The fraction of sp³-hybridized carbons (Fsp3) is 0.350. The molecule has 1 N–H and O–H groups in total. The third-order valence-electron chi connectivity index (χ3n) is 5.20. The number of halogens is 4. The second-order valence-electron chi connectivity index (χ2n) is 7.11. The van der Waals surface area contributed by atoms with Gasteiger partial charge in [-0.25, -0.2) is 9.98 Å². The van der Waals surface area contributed by atoms with Gasteiger partial charge in [-0.2, -0.15) is 13.2 Å². The molecule has 1 fully saturated rings. The fourth-order valence-corrected chi connectivity index (χ4v) is 3.91. The van der Waals surface area contributed by atoms with Crippen LogP contribution in [0, 0.1) is 0 Å². The lowest BCUT2D eigenvalue weighted by atomic mass is 10.1. The number of amides is 1. The second-order valence-corrected chi connectivity index (χ2v) is 7.55. The van der Waals surface area contributed by atoms with Crippen LogP contribution in [0.2, 0.25) is 5.02 Å². The number of anilines is 1. The van der Waals surface area contributed by atoms with E-state index in [2.05, 4.69) is 15.3 Å². The summed E-state index contributed by atoms with van der Waals surface area (Å²) in [5.74, 6) is -1.24. The predicted molar refractivity (Wildman–Crippen MR) is 104 cm³/mol. The zero-order valence-corrected chi connectivity index (χ0v) is 16.0. The highest BCUT2D eigenvalue weighted by Gasteiger charge is 2.67. The van der Waals surface area contributed by atoms with Gasteiger partial charge in [0, 0.05) is 17.8 Å². The standard InChI is InChI=1S/C20H18ClF3N4O/c21-14-10-11-16(25-12-14)26-19(20(22,23)24)18(29)28(15-8-4-5-9-15)17(27-19)13-6-2-1-3-7-13/h1-3,6-7,10-12,15H,4-5,8-9H2,(H,25,26)/t19-/m1/s1. The molecule has 0 saturated heterocycles. The van der Waals surface area contributed by atoms with Crippen molar-refractivity contribution >= 4 is 29.2 Å². The zero-order valence-electron chi connectivity index (χ0n) is 15.3. The number of carbonyl (C=O) groups is 1. The molecule has 5 nitrogen and oxygen atoms in total. The maximum Gasteiger partial charge on any atom is 0.442 e. The van der Waals surface area contributed by atoms with Crippen LogP contribution in [-0.4, -0.2) is 39.5 Å². The maximum absolute atomic E-state index is 14.3. The van der Waals surface area contributed by atoms with E-state index in [4.69, 9.17) is 11.6 Å². The molecule has 1 saturated carbocycles. The average molecular weight is 423 g/mol. The van der Waals surface area contributed by atoms with Gasteiger partial charge in [0.25, 0.3) is 5.91 Å². The quantitative estimate of drug-likeness (QED) is 0.781. The van der Waals surface area contributed by atoms with Gasteiger partial charge < -0.3 is 5.32 Å². The summed E-state index contributed by atoms with van der Waals surface area (Å²) in [7, 11) is 0. The SMILES string of the molecule is O=C1N(C2CCCC2)C(c2ccccc2)=N[C@@]1(Nc1ccc(Cl)cn1)C(F)(F)F. The highest BCUT2D eigenvalue weighted by molar-refractivity contribution is 6.30. The minimum atomic E-state index is -4.97. The number of carbonyl (C=O) groups excluding carboxylic acids is 1. The Morgan fingerprint density at radius 3 is 2.38 bits per heavy atom. The second kappa shape index (κ2) is 7.33. The lowest BCUT2D eigenvalue weighted by Gasteiger charge is -2.31. The largest absolute Gasteiger partial charge is 0.442 e. The van der Waals surface area contributed by atoms with Crippen molar-refractivity contribution in [1.82, 2.24) is 9.88 Å². The monoisotopic (exact) mass is 422 g/mol. The van der Waals surface area contributed by atoms with E-state index < -0.39 is 17.7 Å². The summed E-state index contributed by atoms with van der Waals surface area (Å²) in [6, 6.07) is 10.9. The number of alkyl halides is 3. The number of amidine groups is 1. The Bertz CT molecular complexity index is 927. The van der Waals surface area contributed by atoms with Gasteiger partial charge in [0.15, 0.2) is 0 Å². The zero-order chi connectivity index (χ0) is 20.6. The smallest absolute Gasteiger partial charge is 0.331 e. The first-order valence-corrected chi connectivity index (χ1v) is 9.65. The highest BCUT2D eigenvalue weighted by Crippen LogP contribution is 2.42. The van der Waals surface area contributed by atoms with E-state index in [-0.39, 0.29) is 22.7 Å². The van der Waals surface area contributed by atoms with Gasteiger partial charge in [-0.1, -0.05) is 54.8 Å². The number of pyridine rings is 1. The van der Waals surface area contributed by atoms with E-state index in [9.17, 15) is 18.0 Å². The van der Waals surface area contributed by atoms with Crippen molar-refractivity contribution in [2.24, 2.45) is 4.99 Å². The fourth-order valence-electron chi connectivity index (χ4n) is 3.80. The molecule has 1 atom stereocenters. The van der Waals surface area contributed by atoms with Gasteiger partial charge in [0.2, 0.25) is 0 Å². The van der Waals surface area contributed by atoms with Crippen LogP contribution >= 0.6 is 11.6 Å². The van der Waals surface area contributed by atoms with Crippen molar-refractivity contribution in [2.75, 3.05) is 5.32 Å². The summed E-state index contributed by atoms with van der Waals surface area (Å²) in [5.41, 5.74) is -2.67. The topological polar surface area (TPSA) is 57.6 Å². The van der Waals surface area contributed by atoms with Gasteiger partial charge in [0.1, 0.15) is 11.7 Å². The summed E-state index contributed by atoms with van der Waals surface area (Å²) in [6.07, 6.45) is -0.748. The number of aromatic nitrogens is 1. The van der Waals surface area contributed by atoms with E-state index in [0.717, 1.165) is 12.8 Å². The molecule has 4 rings (SSSR count). The number of hydrogen-bond acceptors (Lipinski definition) is 4. The van der Waals surface area contributed by atoms with Crippen molar-refractivity contribution in [3.63, 3.8) is 0 Å². The Kier molecular flexibility index (Phi) is 4.98. The number of benzene rings is 1. The summed E-state index contributed by atoms with van der Waals surface area (Å²) >= 11 is 5.78. The number of nitrogens with one attached hydrogen (secondary N) is 1. The number of rotatable bonds is 4. The minimum Gasteiger partial charge on any atom is -0.331 e. The average Bonchev–Trinajstić information content (AvgIpc) is 3.31. The maximum atomic E-state index is 14.3. The van der Waals surface area contributed by atoms with Crippen LogP contribution in [0.5, 0.6) is 0 Å². The van der Waals surface area contributed by atoms with Crippen LogP contribution in [-0.2, 0) is 4.79 Å². The molecule has 2 aromatic rings. The Morgan fingerprint density at radius 1 is 1.10 bits per heavy atom. The molecule has 0 spiro atoms. The van der Waals surface area contributed by atoms with Gasteiger partial charge in [-0.3, -0.25) is 9.69 Å². The van der Waals surface area contributed by atoms with Crippen molar-refractivity contribution in [2.45, 2.75) is 43.6 Å². The minimum absolute atomic E-state index is 0.0290. The third-order valence-corrected chi connectivity index (χ3v) is 5.42. The molecule has 0 radical (unpaired) electrons. The molecule has 9 heteroatoms. The number of nitrogens with zero attached hydrogens (tertiary/aromatic N) is 3. The molecule has 1 aliphatic carbocycles. The van der Waals surface area contributed by atoms with E-state index in [1.54, 1.807) is 30.3 Å². The summed E-state index contributed by atoms with van der Waals surface area (Å²) < 4.78 is 42.9. The molecule has 29 heavy (non-hydrogen) atoms. The first-order chi connectivity index (χ1) is 13.8. The van der Waals surface area contributed by atoms with E-state index in [1.807, 2.05) is 0 Å². The summed E-state index contributed by atoms with van der Waals surface area (Å²) in [4.78, 5) is 22.4. The summed E-state index contributed by atoms with van der Waals surface area (Å²) in [6.45, 7) is 0. The Morgan fingerprint density at radius 2 is 1.79 bits per heavy atom. The van der Waals surface area contributed by atoms with E-state index >= 15 is 0 Å². The van der Waals surface area contributed by atoms with Crippen molar-refractivity contribution in [3.8, 4) is 0 Å². The molecule has 1 aliphatic heterocycles. The number of hydrogen-bond donors (Lipinski definition) is 1. The van der Waals surface area contributed by atoms with Crippen molar-refractivity contribution in [3.05, 3.63) is 59.2 Å². The lowest BCUT2D eigenvalue weighted by molar-refractivity contribution is -0.185. The van der Waals surface area contributed by atoms with Gasteiger partial charge in [-0.15, -0.1) is 0 Å². The van der Waals surface area contributed by atoms with Crippen LogP contribution in [0.4, 0.5) is 19.0 Å². The predicted octanol–water partition coefficient (Wildman–Crippen LogP) is 4.64. The molecule has 0 unspecified atom stereocenters. The Labute approximate surface area is 170 Å². The lowest BCUT2D eigenvalue weighted by Crippen LogP contribution is -2.59. The number of aliphatic imine (C=N–C) groups is 1. The molecule has 2 heterocycles. The molecule has 0 bridgehead atoms. The van der Waals surface area contributed by atoms with Gasteiger partial charge in [0.05, 0.1) is 5.02 Å². The van der Waals surface area contributed by atoms with Crippen molar-refractivity contribution in [1.29, 1.82) is 0 Å². The first kappa shape index (κ1) is 19.7. The Hall–Kier alpha value is -2.61. The normalized spacial score (nSPS) is 22.8. The summed E-state index contributed by atoms with van der Waals surface area (Å²) in [5, 5.41) is 2.52. The molecule has 2 aliphatic rings. The van der Waals surface area contributed by atoms with Crippen molar-refractivity contribution < 1.29 is 18.0 Å². The molecular formula is C20H18ClF3N4O. The van der Waals surface area contributed by atoms with Crippen LogP contribution in [0.3, 0.4) is 0 Å².